The van der Waals surface area contributed by atoms with Crippen molar-refractivity contribution in [1.29, 1.82) is 0 Å². The predicted molar refractivity (Wildman–Crippen MR) is 89.0 cm³/mol. The minimum Gasteiger partial charge on any atom is -0.467 e. The maximum Gasteiger partial charge on any atom is 0.322 e. The fourth-order valence-electron chi connectivity index (χ4n) is 1.62. The standard InChI is InChI=1S/C14H28N6O3/c1-3-4-6-16-12-18-13(20-14(19-12)21-2)17-7-9-23-11-10-22-8-5-15/h3-11,15H2,1-2H3,(H2,16,17,18,19,20). The van der Waals surface area contributed by atoms with E-state index in [0.29, 0.717) is 51.4 Å². The Morgan fingerprint density at radius 1 is 0.913 bits per heavy atom. The number of methoxy groups -OCH3 is 1. The van der Waals surface area contributed by atoms with Crippen LogP contribution in [0.1, 0.15) is 19.8 Å². The van der Waals surface area contributed by atoms with Crippen molar-refractivity contribution in [3.8, 4) is 6.01 Å². The first-order valence-corrected chi connectivity index (χ1v) is 7.93. The van der Waals surface area contributed by atoms with E-state index in [-0.39, 0.29) is 6.01 Å². The van der Waals surface area contributed by atoms with Gasteiger partial charge in [-0.25, -0.2) is 0 Å². The summed E-state index contributed by atoms with van der Waals surface area (Å²) in [6.45, 7) is 6.21. The van der Waals surface area contributed by atoms with Gasteiger partial charge in [-0.1, -0.05) is 13.3 Å². The van der Waals surface area contributed by atoms with Gasteiger partial charge in [0, 0.05) is 19.6 Å². The fraction of sp³-hybridized carbons (Fsp3) is 0.786. The van der Waals surface area contributed by atoms with Gasteiger partial charge >= 0.3 is 6.01 Å². The Balaban J connectivity index is 2.30. The van der Waals surface area contributed by atoms with Gasteiger partial charge in [-0.3, -0.25) is 0 Å². The van der Waals surface area contributed by atoms with Gasteiger partial charge < -0.3 is 30.6 Å². The van der Waals surface area contributed by atoms with Crippen LogP contribution in [0.2, 0.25) is 0 Å². The van der Waals surface area contributed by atoms with Crippen LogP contribution in [-0.2, 0) is 9.47 Å². The third-order valence-electron chi connectivity index (χ3n) is 2.77. The summed E-state index contributed by atoms with van der Waals surface area (Å²) in [5.41, 5.74) is 5.32. The summed E-state index contributed by atoms with van der Waals surface area (Å²) < 4.78 is 15.7. The van der Waals surface area contributed by atoms with E-state index in [0.717, 1.165) is 19.4 Å². The molecule has 0 saturated heterocycles. The second kappa shape index (κ2) is 12.8. The number of anilines is 2. The topological polar surface area (TPSA) is 116 Å². The van der Waals surface area contributed by atoms with Crippen LogP contribution in [0.3, 0.4) is 0 Å². The molecule has 1 rings (SSSR count). The van der Waals surface area contributed by atoms with Crippen molar-refractivity contribution in [3.05, 3.63) is 0 Å². The molecule has 0 radical (unpaired) electrons. The molecule has 0 aliphatic rings. The lowest BCUT2D eigenvalue weighted by molar-refractivity contribution is 0.0547. The van der Waals surface area contributed by atoms with Gasteiger partial charge in [-0.05, 0) is 6.42 Å². The van der Waals surface area contributed by atoms with Crippen molar-refractivity contribution in [2.24, 2.45) is 5.73 Å². The van der Waals surface area contributed by atoms with E-state index in [1.165, 1.54) is 7.11 Å². The van der Waals surface area contributed by atoms with Gasteiger partial charge in [0.15, 0.2) is 0 Å². The zero-order chi connectivity index (χ0) is 16.8. The molecule has 0 bridgehead atoms. The molecule has 0 amide bonds. The minimum atomic E-state index is 0.276. The van der Waals surface area contributed by atoms with Crippen molar-refractivity contribution in [2.45, 2.75) is 19.8 Å². The summed E-state index contributed by atoms with van der Waals surface area (Å²) in [4.78, 5) is 12.6. The third-order valence-corrected chi connectivity index (χ3v) is 2.77. The molecular weight excluding hydrogens is 300 g/mol. The van der Waals surface area contributed by atoms with Crippen LogP contribution in [0.25, 0.3) is 0 Å². The maximum absolute atomic E-state index is 5.42. The molecule has 23 heavy (non-hydrogen) atoms. The van der Waals surface area contributed by atoms with Crippen molar-refractivity contribution in [3.63, 3.8) is 0 Å². The summed E-state index contributed by atoms with van der Waals surface area (Å²) >= 11 is 0. The molecule has 0 saturated carbocycles. The van der Waals surface area contributed by atoms with E-state index >= 15 is 0 Å². The highest BCUT2D eigenvalue weighted by molar-refractivity contribution is 5.35. The fourth-order valence-corrected chi connectivity index (χ4v) is 1.62. The molecule has 0 aromatic carbocycles. The third kappa shape index (κ3) is 9.11. The Morgan fingerprint density at radius 2 is 1.57 bits per heavy atom. The van der Waals surface area contributed by atoms with Crippen molar-refractivity contribution >= 4 is 11.9 Å². The average Bonchev–Trinajstić information content (AvgIpc) is 2.57. The van der Waals surface area contributed by atoms with E-state index in [4.69, 9.17) is 19.9 Å². The number of rotatable bonds is 14. The molecule has 0 atom stereocenters. The molecule has 0 unspecified atom stereocenters. The van der Waals surface area contributed by atoms with Crippen LogP contribution in [0.15, 0.2) is 0 Å². The zero-order valence-electron chi connectivity index (χ0n) is 14.0. The molecule has 132 valence electrons. The number of nitrogens with one attached hydrogen (secondary N) is 2. The summed E-state index contributed by atoms with van der Waals surface area (Å²) in [5, 5.41) is 6.23. The Labute approximate surface area is 137 Å². The van der Waals surface area contributed by atoms with E-state index < -0.39 is 0 Å². The number of hydrogen-bond donors (Lipinski definition) is 3. The lowest BCUT2D eigenvalue weighted by Crippen LogP contribution is -2.16. The molecule has 1 aromatic rings. The van der Waals surface area contributed by atoms with Crippen molar-refractivity contribution < 1.29 is 14.2 Å². The second-order valence-corrected chi connectivity index (χ2v) is 4.69. The summed E-state index contributed by atoms with van der Waals surface area (Å²) in [6.07, 6.45) is 2.16. The lowest BCUT2D eigenvalue weighted by atomic mass is 10.3. The molecule has 4 N–H and O–H groups in total. The van der Waals surface area contributed by atoms with Gasteiger partial charge in [-0.2, -0.15) is 15.0 Å². The van der Waals surface area contributed by atoms with Crippen LogP contribution >= 0.6 is 0 Å². The van der Waals surface area contributed by atoms with Crippen molar-refractivity contribution in [2.75, 3.05) is 63.8 Å². The monoisotopic (exact) mass is 328 g/mol. The van der Waals surface area contributed by atoms with Gasteiger partial charge in [0.1, 0.15) is 0 Å². The first kappa shape index (κ1) is 19.3. The highest BCUT2D eigenvalue weighted by Crippen LogP contribution is 2.10. The molecule has 0 fully saturated rings. The van der Waals surface area contributed by atoms with Gasteiger partial charge in [0.25, 0.3) is 0 Å². The Morgan fingerprint density at radius 3 is 2.17 bits per heavy atom. The first-order valence-electron chi connectivity index (χ1n) is 7.93. The predicted octanol–water partition coefficient (Wildman–Crippen LogP) is 0.496. The number of nitrogens with zero attached hydrogens (tertiary/aromatic N) is 3. The highest BCUT2D eigenvalue weighted by Gasteiger charge is 2.06. The maximum atomic E-state index is 5.42. The van der Waals surface area contributed by atoms with E-state index in [1.54, 1.807) is 0 Å². The molecule has 1 aromatic heterocycles. The molecule has 0 aliphatic carbocycles. The SMILES string of the molecule is CCCCNc1nc(NCCOCCOCCN)nc(OC)n1. The van der Waals surface area contributed by atoms with Gasteiger partial charge in [0.2, 0.25) is 11.9 Å². The summed E-state index contributed by atoms with van der Waals surface area (Å²) in [6, 6.07) is 0.276. The summed E-state index contributed by atoms with van der Waals surface area (Å²) in [5.74, 6) is 0.961. The number of ether oxygens (including phenoxy) is 3. The van der Waals surface area contributed by atoms with E-state index in [9.17, 15) is 0 Å². The number of nitrogens with two attached hydrogens (primary N) is 1. The van der Waals surface area contributed by atoms with Crippen LogP contribution in [0.5, 0.6) is 6.01 Å². The Hall–Kier alpha value is -1.71. The smallest absolute Gasteiger partial charge is 0.322 e. The lowest BCUT2D eigenvalue weighted by Gasteiger charge is -2.09. The molecule has 1 heterocycles. The van der Waals surface area contributed by atoms with E-state index in [1.807, 2.05) is 0 Å². The summed E-state index contributed by atoms with van der Waals surface area (Å²) in [7, 11) is 1.53. The van der Waals surface area contributed by atoms with E-state index in [2.05, 4.69) is 32.5 Å². The zero-order valence-corrected chi connectivity index (χ0v) is 14.0. The Bertz CT molecular complexity index is 421. The molecule has 9 nitrogen and oxygen atoms in total. The number of hydrogen-bond acceptors (Lipinski definition) is 9. The van der Waals surface area contributed by atoms with Crippen LogP contribution in [0, 0.1) is 0 Å². The molecule has 9 heteroatoms. The second-order valence-electron chi connectivity index (χ2n) is 4.69. The molecular formula is C14H28N6O3. The minimum absolute atomic E-state index is 0.276. The quantitative estimate of drug-likeness (QED) is 0.420. The first-order chi connectivity index (χ1) is 11.3. The number of aromatic nitrogens is 3. The number of unbranched alkanes of at least 4 members (excludes halogenated alkanes) is 1. The molecule has 0 aliphatic heterocycles. The molecule has 0 spiro atoms. The Kier molecular flexibility index (Phi) is 10.8. The van der Waals surface area contributed by atoms with Gasteiger partial charge in [-0.15, -0.1) is 0 Å². The van der Waals surface area contributed by atoms with Crippen molar-refractivity contribution in [1.82, 2.24) is 15.0 Å². The normalized spacial score (nSPS) is 10.6. The average molecular weight is 328 g/mol. The highest BCUT2D eigenvalue weighted by atomic mass is 16.5. The van der Waals surface area contributed by atoms with Crippen LogP contribution in [-0.4, -0.2) is 68.1 Å². The van der Waals surface area contributed by atoms with Crippen LogP contribution in [0.4, 0.5) is 11.9 Å². The van der Waals surface area contributed by atoms with Crippen LogP contribution < -0.4 is 21.1 Å². The van der Waals surface area contributed by atoms with Gasteiger partial charge in [0.05, 0.1) is 33.5 Å². The largest absolute Gasteiger partial charge is 0.467 e.